The number of nitrogens with zero attached hydrogens (tertiary/aromatic N) is 1. The summed E-state index contributed by atoms with van der Waals surface area (Å²) in [6.45, 7) is 0. The molecule has 0 aliphatic rings. The lowest BCUT2D eigenvalue weighted by molar-refractivity contribution is 0.352. The van der Waals surface area contributed by atoms with Crippen LogP contribution in [0.1, 0.15) is 0 Å². The first kappa shape index (κ1) is 6.16. The van der Waals surface area contributed by atoms with Crippen molar-refractivity contribution in [1.82, 2.24) is 0 Å². The summed E-state index contributed by atoms with van der Waals surface area (Å²) < 4.78 is 3.09. The van der Waals surface area contributed by atoms with Crippen LogP contribution in [0.15, 0.2) is 34.9 Å². The van der Waals surface area contributed by atoms with Gasteiger partial charge in [-0.1, -0.05) is 18.2 Å². The molecule has 1 aromatic carbocycles. The van der Waals surface area contributed by atoms with Crippen molar-refractivity contribution in [1.29, 1.82) is 0 Å². The van der Waals surface area contributed by atoms with Gasteiger partial charge in [-0.25, -0.2) is 0 Å². The van der Waals surface area contributed by atoms with E-state index in [4.69, 9.17) is 0 Å². The van der Waals surface area contributed by atoms with Crippen molar-refractivity contribution in [2.45, 2.75) is 0 Å². The number of hydrogen-bond donors (Lipinski definition) is 0. The van der Waals surface area contributed by atoms with Gasteiger partial charge in [0.05, 0.1) is 12.4 Å². The number of benzene rings is 1. The van der Waals surface area contributed by atoms with E-state index >= 15 is 0 Å². The fourth-order valence-electron chi connectivity index (χ4n) is 0.524. The molecular formula is C6H5NOS. The molecule has 9 heavy (non-hydrogen) atoms. The van der Waals surface area contributed by atoms with Crippen molar-refractivity contribution in [3.8, 4) is 5.75 Å². The summed E-state index contributed by atoms with van der Waals surface area (Å²) in [4.78, 5) is 4.65. The third-order valence-electron chi connectivity index (χ3n) is 0.886. The average Bonchev–Trinajstić information content (AvgIpc) is 1.91. The van der Waals surface area contributed by atoms with Crippen molar-refractivity contribution in [2.24, 2.45) is 4.53 Å². The Morgan fingerprint density at radius 1 is 1.22 bits per heavy atom. The SMILES string of the molecule is S=NOc1ccccc1. The van der Waals surface area contributed by atoms with Crippen LogP contribution >= 0.6 is 0 Å². The largest absolute Gasteiger partial charge is 0.346 e. The highest BCUT2D eigenvalue weighted by molar-refractivity contribution is 7.47. The quantitative estimate of drug-likeness (QED) is 0.582. The van der Waals surface area contributed by atoms with Crippen LogP contribution in [-0.2, 0) is 12.4 Å². The lowest BCUT2D eigenvalue weighted by Crippen LogP contribution is -1.76. The molecule has 0 radical (unpaired) electrons. The van der Waals surface area contributed by atoms with Crippen LogP contribution in [-0.4, -0.2) is 0 Å². The van der Waals surface area contributed by atoms with E-state index in [-0.39, 0.29) is 0 Å². The minimum atomic E-state index is 0.674. The molecule has 0 amide bonds. The summed E-state index contributed by atoms with van der Waals surface area (Å²) >= 11 is 4.24. The van der Waals surface area contributed by atoms with Gasteiger partial charge in [-0.2, -0.15) is 0 Å². The second-order valence-corrected chi connectivity index (χ2v) is 1.63. The lowest BCUT2D eigenvalue weighted by Gasteiger charge is -1.91. The second kappa shape index (κ2) is 3.14. The monoisotopic (exact) mass is 139 g/mol. The molecule has 0 fully saturated rings. The van der Waals surface area contributed by atoms with E-state index < -0.39 is 0 Å². The van der Waals surface area contributed by atoms with Crippen LogP contribution in [0.25, 0.3) is 0 Å². The number of hydrogen-bond acceptors (Lipinski definition) is 3. The molecule has 0 bridgehead atoms. The van der Waals surface area contributed by atoms with Gasteiger partial charge in [-0.3, -0.25) is 0 Å². The molecule has 1 rings (SSSR count). The first-order valence-corrected chi connectivity index (χ1v) is 2.85. The molecule has 0 saturated heterocycles. The van der Waals surface area contributed by atoms with Crippen molar-refractivity contribution >= 4 is 12.4 Å². The Morgan fingerprint density at radius 3 is 2.44 bits per heavy atom. The third-order valence-corrected chi connectivity index (χ3v) is 0.960. The summed E-state index contributed by atoms with van der Waals surface area (Å²) in [7, 11) is 0. The molecule has 0 atom stereocenters. The molecule has 1 aromatic rings. The van der Waals surface area contributed by atoms with Gasteiger partial charge >= 0.3 is 0 Å². The number of rotatable bonds is 2. The summed E-state index contributed by atoms with van der Waals surface area (Å²) in [5.41, 5.74) is 0. The molecule has 0 saturated carbocycles. The van der Waals surface area contributed by atoms with E-state index in [2.05, 4.69) is 21.8 Å². The fourth-order valence-corrected chi connectivity index (χ4v) is 0.610. The predicted octanol–water partition coefficient (Wildman–Crippen LogP) is 1.71. The van der Waals surface area contributed by atoms with E-state index in [0.29, 0.717) is 5.75 Å². The van der Waals surface area contributed by atoms with Gasteiger partial charge < -0.3 is 4.84 Å². The van der Waals surface area contributed by atoms with Crippen molar-refractivity contribution < 1.29 is 4.84 Å². The van der Waals surface area contributed by atoms with Crippen LogP contribution in [0.5, 0.6) is 5.75 Å². The fraction of sp³-hybridized carbons (Fsp3) is 0. The standard InChI is InChI=1S/C6H5NOS/c9-7-8-6-4-2-1-3-5-6/h1-5H. The molecular weight excluding hydrogens is 134 g/mol. The Labute approximate surface area is 58.6 Å². The summed E-state index contributed by atoms with van der Waals surface area (Å²) in [6, 6.07) is 9.19. The Kier molecular flexibility index (Phi) is 2.15. The molecule has 0 unspecified atom stereocenters. The molecule has 2 nitrogen and oxygen atoms in total. The van der Waals surface area contributed by atoms with Crippen LogP contribution in [0, 0.1) is 0 Å². The molecule has 0 spiro atoms. The van der Waals surface area contributed by atoms with Crippen molar-refractivity contribution in [3.63, 3.8) is 0 Å². The maximum Gasteiger partial charge on any atom is 0.159 e. The number of para-hydroxylation sites is 1. The molecule has 0 N–H and O–H groups in total. The van der Waals surface area contributed by atoms with Gasteiger partial charge in [0.1, 0.15) is 0 Å². The molecule has 0 aliphatic carbocycles. The van der Waals surface area contributed by atoms with E-state index in [1.54, 1.807) is 12.1 Å². The van der Waals surface area contributed by atoms with E-state index in [9.17, 15) is 0 Å². The van der Waals surface area contributed by atoms with E-state index in [1.807, 2.05) is 18.2 Å². The van der Waals surface area contributed by atoms with Crippen molar-refractivity contribution in [3.05, 3.63) is 30.3 Å². The second-order valence-electron chi connectivity index (χ2n) is 1.48. The molecule has 46 valence electrons. The van der Waals surface area contributed by atoms with Gasteiger partial charge in [0.2, 0.25) is 0 Å². The van der Waals surface area contributed by atoms with Crippen LogP contribution in [0.4, 0.5) is 0 Å². The van der Waals surface area contributed by atoms with Crippen LogP contribution in [0.2, 0.25) is 0 Å². The Balaban J connectivity index is 2.72. The van der Waals surface area contributed by atoms with E-state index in [0.717, 1.165) is 0 Å². The van der Waals surface area contributed by atoms with Crippen molar-refractivity contribution in [2.75, 3.05) is 0 Å². The predicted molar refractivity (Wildman–Crippen MR) is 36.9 cm³/mol. The van der Waals surface area contributed by atoms with Crippen LogP contribution < -0.4 is 4.84 Å². The van der Waals surface area contributed by atoms with Gasteiger partial charge in [0, 0.05) is 0 Å². The summed E-state index contributed by atoms with van der Waals surface area (Å²) in [5, 5.41) is 0. The van der Waals surface area contributed by atoms with Crippen LogP contribution in [0.3, 0.4) is 0 Å². The maximum absolute atomic E-state index is 4.65. The molecule has 3 heteroatoms. The zero-order chi connectivity index (χ0) is 6.53. The highest BCUT2D eigenvalue weighted by Crippen LogP contribution is 2.07. The normalized spacial score (nSPS) is 8.44. The topological polar surface area (TPSA) is 21.6 Å². The zero-order valence-corrected chi connectivity index (χ0v) is 5.47. The van der Waals surface area contributed by atoms with Gasteiger partial charge in [0.15, 0.2) is 5.75 Å². The first-order valence-electron chi connectivity index (χ1n) is 2.48. The minimum absolute atomic E-state index is 0.674. The van der Waals surface area contributed by atoms with E-state index in [1.165, 1.54) is 0 Å². The highest BCUT2D eigenvalue weighted by atomic mass is 32.1. The lowest BCUT2D eigenvalue weighted by atomic mass is 10.3. The minimum Gasteiger partial charge on any atom is -0.346 e. The maximum atomic E-state index is 4.65. The first-order chi connectivity index (χ1) is 4.43. The van der Waals surface area contributed by atoms with Gasteiger partial charge in [-0.05, 0) is 16.7 Å². The molecule has 0 aliphatic heterocycles. The molecule has 0 aromatic heterocycles. The summed E-state index contributed by atoms with van der Waals surface area (Å²) in [6.07, 6.45) is 0. The Hall–Kier alpha value is -0.960. The van der Waals surface area contributed by atoms with Gasteiger partial charge in [-0.15, -0.1) is 0 Å². The smallest absolute Gasteiger partial charge is 0.159 e. The molecule has 0 heterocycles. The summed E-state index contributed by atoms with van der Waals surface area (Å²) in [5.74, 6) is 0.674. The Morgan fingerprint density at radius 2 is 1.89 bits per heavy atom. The zero-order valence-electron chi connectivity index (χ0n) is 4.65. The average molecular weight is 139 g/mol. The highest BCUT2D eigenvalue weighted by Gasteiger charge is 1.84. The van der Waals surface area contributed by atoms with Gasteiger partial charge in [0.25, 0.3) is 0 Å². The Bertz CT molecular complexity index is 188. The third kappa shape index (κ3) is 1.77.